The van der Waals surface area contributed by atoms with Crippen LogP contribution in [0.4, 0.5) is 8.78 Å². The molecule has 36 heavy (non-hydrogen) atoms. The van der Waals surface area contributed by atoms with Crippen molar-refractivity contribution in [2.24, 2.45) is 0 Å². The summed E-state index contributed by atoms with van der Waals surface area (Å²) < 4.78 is 35.5. The summed E-state index contributed by atoms with van der Waals surface area (Å²) in [5.74, 6) is -3.54. The maximum Gasteiger partial charge on any atom is 0.277 e. The molecule has 1 N–H and O–H groups in total. The van der Waals surface area contributed by atoms with Crippen LogP contribution < -0.4 is 10.4 Å². The van der Waals surface area contributed by atoms with E-state index in [0.717, 1.165) is 12.1 Å². The maximum atomic E-state index is 14.0. The number of fused-ring (bicyclic) bond motifs is 1. The van der Waals surface area contributed by atoms with Crippen molar-refractivity contribution >= 4 is 11.7 Å². The van der Waals surface area contributed by atoms with Crippen LogP contribution in [0.1, 0.15) is 32.8 Å². The zero-order valence-corrected chi connectivity index (χ0v) is 19.7. The number of ketones is 1. The average molecular weight is 501 g/mol. The lowest BCUT2D eigenvalue weighted by molar-refractivity contribution is 0.0621. The van der Waals surface area contributed by atoms with E-state index in [-0.39, 0.29) is 49.5 Å². The van der Waals surface area contributed by atoms with Gasteiger partial charge in [-0.15, -0.1) is 0 Å². The Bertz CT molecular complexity index is 1320. The van der Waals surface area contributed by atoms with Gasteiger partial charge in [-0.1, -0.05) is 6.07 Å². The molecule has 1 aromatic carbocycles. The summed E-state index contributed by atoms with van der Waals surface area (Å²) >= 11 is 0. The number of halogens is 2. The van der Waals surface area contributed by atoms with E-state index in [1.807, 2.05) is 29.1 Å². The Kier molecular flexibility index (Phi) is 7.49. The summed E-state index contributed by atoms with van der Waals surface area (Å²) in [6.45, 7) is 1.59. The fourth-order valence-corrected chi connectivity index (χ4v) is 4.10. The maximum absolute atomic E-state index is 14.0. The lowest BCUT2D eigenvalue weighted by Crippen LogP contribution is -2.55. The van der Waals surface area contributed by atoms with Crippen molar-refractivity contribution in [3.63, 3.8) is 0 Å². The van der Waals surface area contributed by atoms with Gasteiger partial charge in [-0.2, -0.15) is 0 Å². The largest absolute Gasteiger partial charge is 0.502 e. The van der Waals surface area contributed by atoms with Gasteiger partial charge in [-0.25, -0.2) is 8.78 Å². The number of hydrogen-bond donors (Lipinski definition) is 1. The number of rotatable bonds is 10. The van der Waals surface area contributed by atoms with Crippen LogP contribution in [0.2, 0.25) is 0 Å². The molecule has 0 atom stereocenters. The minimum atomic E-state index is -0.974. The zero-order chi connectivity index (χ0) is 25.8. The number of Topliss-reactive ketones (excluding diaryl/α,β-unsaturated/α-hetero) is 1. The molecule has 2 aromatic heterocycles. The molecule has 1 aliphatic rings. The molecule has 1 amide bonds. The number of benzene rings is 1. The van der Waals surface area contributed by atoms with Crippen LogP contribution >= 0.6 is 0 Å². The van der Waals surface area contributed by atoms with Crippen molar-refractivity contribution in [2.45, 2.75) is 19.4 Å². The number of aromatic hydroxyl groups is 1. The highest BCUT2D eigenvalue weighted by Gasteiger charge is 2.34. The third-order valence-electron chi connectivity index (χ3n) is 6.08. The third-order valence-corrected chi connectivity index (χ3v) is 6.08. The molecule has 9 nitrogen and oxygen atoms in total. The predicted molar refractivity (Wildman–Crippen MR) is 127 cm³/mol. The first kappa shape index (κ1) is 25.1. The van der Waals surface area contributed by atoms with Gasteiger partial charge < -0.3 is 19.3 Å². The summed E-state index contributed by atoms with van der Waals surface area (Å²) in [5.41, 5.74) is -1.40. The number of amides is 1. The van der Waals surface area contributed by atoms with E-state index in [9.17, 15) is 28.3 Å². The molecule has 4 rings (SSSR count). The highest BCUT2D eigenvalue weighted by atomic mass is 19.1. The molecule has 1 aliphatic heterocycles. The standard InChI is InChI=1S/C25H26F2N4O5/c1-36-13-12-29-16-30(11-10-28-8-2-3-9-28)31-15-19(23(33)24(34)22(31)25(29)35)21(32)7-5-17-4-6-18(26)14-20(17)27/h2-4,6,8-9,14-15,34H,5,7,10-13,16H2,1H3. The molecule has 3 aromatic rings. The van der Waals surface area contributed by atoms with E-state index in [0.29, 0.717) is 13.1 Å². The van der Waals surface area contributed by atoms with E-state index in [2.05, 4.69) is 0 Å². The van der Waals surface area contributed by atoms with Crippen molar-refractivity contribution in [1.82, 2.24) is 14.1 Å². The van der Waals surface area contributed by atoms with Gasteiger partial charge in [0.2, 0.25) is 5.43 Å². The zero-order valence-electron chi connectivity index (χ0n) is 19.7. The Balaban J connectivity index is 1.65. The van der Waals surface area contributed by atoms with E-state index in [4.69, 9.17) is 4.74 Å². The number of methoxy groups -OCH3 is 1. The monoisotopic (exact) mass is 500 g/mol. The Morgan fingerprint density at radius 1 is 1.11 bits per heavy atom. The SMILES string of the molecule is COCCN1CN(CCn2cccc2)n2cc(C(=O)CCc3ccc(F)cc3F)c(=O)c(O)c2C1=O. The average Bonchev–Trinajstić information content (AvgIpc) is 3.37. The summed E-state index contributed by atoms with van der Waals surface area (Å²) in [5, 5.41) is 12.5. The second-order valence-electron chi connectivity index (χ2n) is 8.43. The van der Waals surface area contributed by atoms with Crippen molar-refractivity contribution in [1.29, 1.82) is 0 Å². The number of carbonyl (C=O) groups is 2. The number of hydrogen-bond acceptors (Lipinski definition) is 6. The van der Waals surface area contributed by atoms with Crippen LogP contribution in [0.15, 0.2) is 53.7 Å². The topological polar surface area (TPSA) is 97.0 Å². The predicted octanol–water partition coefficient (Wildman–Crippen LogP) is 2.15. The number of ether oxygens (including phenoxy) is 1. The van der Waals surface area contributed by atoms with Gasteiger partial charge in [0.05, 0.1) is 18.7 Å². The second-order valence-corrected chi connectivity index (χ2v) is 8.43. The second kappa shape index (κ2) is 10.7. The van der Waals surface area contributed by atoms with Gasteiger partial charge in [0.1, 0.15) is 18.3 Å². The normalized spacial score (nSPS) is 13.2. The molecule has 0 unspecified atom stereocenters. The van der Waals surface area contributed by atoms with Crippen molar-refractivity contribution in [3.05, 3.63) is 87.6 Å². The molecule has 0 fully saturated rings. The van der Waals surface area contributed by atoms with Crippen molar-refractivity contribution in [2.75, 3.05) is 38.5 Å². The Morgan fingerprint density at radius 2 is 1.86 bits per heavy atom. The van der Waals surface area contributed by atoms with E-state index in [1.54, 1.807) is 5.01 Å². The molecule has 0 spiro atoms. The molecular weight excluding hydrogens is 474 g/mol. The van der Waals surface area contributed by atoms with Gasteiger partial charge >= 0.3 is 0 Å². The number of carbonyl (C=O) groups excluding carboxylic acids is 2. The van der Waals surface area contributed by atoms with E-state index >= 15 is 0 Å². The Labute approximate surface area is 205 Å². The van der Waals surface area contributed by atoms with Gasteiger partial charge in [0, 0.05) is 51.3 Å². The van der Waals surface area contributed by atoms with E-state index < -0.39 is 34.5 Å². The summed E-state index contributed by atoms with van der Waals surface area (Å²) in [7, 11) is 1.50. The number of aromatic nitrogens is 2. The molecular formula is C25H26F2N4O5. The summed E-state index contributed by atoms with van der Waals surface area (Å²) in [6.07, 6.45) is 4.71. The summed E-state index contributed by atoms with van der Waals surface area (Å²) in [4.78, 5) is 40.4. The number of nitrogens with zero attached hydrogens (tertiary/aromatic N) is 4. The smallest absolute Gasteiger partial charge is 0.277 e. The first-order valence-corrected chi connectivity index (χ1v) is 11.4. The highest BCUT2D eigenvalue weighted by Crippen LogP contribution is 2.22. The number of pyridine rings is 1. The van der Waals surface area contributed by atoms with Crippen LogP contribution in [0.3, 0.4) is 0 Å². The van der Waals surface area contributed by atoms with Gasteiger partial charge in [-0.05, 0) is 30.2 Å². The van der Waals surface area contributed by atoms with Gasteiger partial charge in [0.15, 0.2) is 17.2 Å². The van der Waals surface area contributed by atoms with E-state index in [1.165, 1.54) is 28.9 Å². The van der Waals surface area contributed by atoms with Crippen LogP contribution in [-0.2, 0) is 17.7 Å². The van der Waals surface area contributed by atoms with Crippen LogP contribution in [0.5, 0.6) is 5.75 Å². The van der Waals surface area contributed by atoms with Crippen LogP contribution in [0, 0.1) is 11.6 Å². The quantitative estimate of drug-likeness (QED) is 0.429. The minimum absolute atomic E-state index is 0.0615. The minimum Gasteiger partial charge on any atom is -0.502 e. The van der Waals surface area contributed by atoms with Gasteiger partial charge in [0.25, 0.3) is 5.91 Å². The Hall–Kier alpha value is -3.99. The third kappa shape index (κ3) is 5.15. The molecule has 11 heteroatoms. The molecule has 190 valence electrons. The Morgan fingerprint density at radius 3 is 2.56 bits per heavy atom. The van der Waals surface area contributed by atoms with Crippen LogP contribution in [0.25, 0.3) is 0 Å². The first-order chi connectivity index (χ1) is 17.3. The fraction of sp³-hybridized carbons (Fsp3) is 0.320. The fourth-order valence-electron chi connectivity index (χ4n) is 4.10. The lowest BCUT2D eigenvalue weighted by Gasteiger charge is -2.39. The molecule has 3 heterocycles. The molecule has 0 aliphatic carbocycles. The molecule has 0 bridgehead atoms. The summed E-state index contributed by atoms with van der Waals surface area (Å²) in [6, 6.07) is 6.81. The van der Waals surface area contributed by atoms with Crippen molar-refractivity contribution < 1.29 is 28.2 Å². The van der Waals surface area contributed by atoms with Crippen LogP contribution in [-0.4, -0.2) is 64.4 Å². The first-order valence-electron chi connectivity index (χ1n) is 11.4. The highest BCUT2D eigenvalue weighted by molar-refractivity contribution is 6.00. The number of aryl methyl sites for hydroxylation is 1. The van der Waals surface area contributed by atoms with Crippen molar-refractivity contribution in [3.8, 4) is 5.75 Å². The molecule has 0 radical (unpaired) electrons. The lowest BCUT2D eigenvalue weighted by atomic mass is 10.0. The van der Waals surface area contributed by atoms with Gasteiger partial charge in [-0.3, -0.25) is 24.1 Å². The molecule has 0 saturated carbocycles. The molecule has 0 saturated heterocycles.